The minimum absolute atomic E-state index is 0.169. The summed E-state index contributed by atoms with van der Waals surface area (Å²) in [6.45, 7) is 5.91. The maximum atomic E-state index is 12.3. The summed E-state index contributed by atoms with van der Waals surface area (Å²) >= 11 is 7.24. The number of aromatic nitrogens is 1. The van der Waals surface area contributed by atoms with Crippen LogP contribution in [0.15, 0.2) is 5.38 Å². The highest BCUT2D eigenvalue weighted by atomic mass is 35.5. The van der Waals surface area contributed by atoms with E-state index < -0.39 is 0 Å². The van der Waals surface area contributed by atoms with Crippen LogP contribution in [0.5, 0.6) is 0 Å². The van der Waals surface area contributed by atoms with Crippen molar-refractivity contribution in [1.82, 2.24) is 14.8 Å². The zero-order valence-electron chi connectivity index (χ0n) is 11.6. The topological polar surface area (TPSA) is 36.4 Å². The van der Waals surface area contributed by atoms with Gasteiger partial charge in [-0.25, -0.2) is 4.98 Å². The predicted molar refractivity (Wildman–Crippen MR) is 78.6 cm³/mol. The molecule has 1 fully saturated rings. The van der Waals surface area contributed by atoms with Crippen LogP contribution in [-0.2, 0) is 17.1 Å². The number of hydrogen-bond acceptors (Lipinski definition) is 4. The lowest BCUT2D eigenvalue weighted by molar-refractivity contribution is -0.134. The minimum Gasteiger partial charge on any atom is -0.339 e. The van der Waals surface area contributed by atoms with Crippen LogP contribution in [0, 0.1) is 0 Å². The Morgan fingerprint density at radius 3 is 2.63 bits per heavy atom. The molecule has 6 heteroatoms. The Hall–Kier alpha value is -0.650. The summed E-state index contributed by atoms with van der Waals surface area (Å²) in [6, 6.07) is 0.810. The molecular weight excluding hydrogens is 282 g/mol. The SMILES string of the molecule is CC1CN(C(=O)Cc2nc(CCl)cs2)CC(C)N1C. The van der Waals surface area contributed by atoms with E-state index in [1.54, 1.807) is 0 Å². The lowest BCUT2D eigenvalue weighted by Crippen LogP contribution is -2.56. The first kappa shape index (κ1) is 14.8. The fourth-order valence-electron chi connectivity index (χ4n) is 2.34. The number of piperazine rings is 1. The van der Waals surface area contributed by atoms with Gasteiger partial charge in [-0.05, 0) is 20.9 Å². The number of carbonyl (C=O) groups is 1. The molecule has 1 aromatic rings. The van der Waals surface area contributed by atoms with Crippen molar-refractivity contribution in [2.45, 2.75) is 38.2 Å². The number of halogens is 1. The van der Waals surface area contributed by atoms with Crippen LogP contribution in [0.2, 0.25) is 0 Å². The van der Waals surface area contributed by atoms with Gasteiger partial charge in [0.25, 0.3) is 0 Å². The van der Waals surface area contributed by atoms with Crippen LogP contribution < -0.4 is 0 Å². The summed E-state index contributed by atoms with van der Waals surface area (Å²) in [5, 5.41) is 2.78. The van der Waals surface area contributed by atoms with Crippen molar-refractivity contribution in [3.63, 3.8) is 0 Å². The van der Waals surface area contributed by atoms with Gasteiger partial charge in [-0.1, -0.05) is 0 Å². The number of carbonyl (C=O) groups excluding carboxylic acids is 1. The largest absolute Gasteiger partial charge is 0.339 e. The van der Waals surface area contributed by atoms with E-state index in [0.29, 0.717) is 24.4 Å². The minimum atomic E-state index is 0.169. The van der Waals surface area contributed by atoms with E-state index in [4.69, 9.17) is 11.6 Å². The van der Waals surface area contributed by atoms with Gasteiger partial charge in [0, 0.05) is 30.6 Å². The summed E-state index contributed by atoms with van der Waals surface area (Å²) in [7, 11) is 2.12. The van der Waals surface area contributed by atoms with Crippen LogP contribution in [0.3, 0.4) is 0 Å². The molecule has 1 saturated heterocycles. The summed E-state index contributed by atoms with van der Waals surface area (Å²) in [4.78, 5) is 20.9. The highest BCUT2D eigenvalue weighted by molar-refractivity contribution is 7.09. The Balaban J connectivity index is 1.96. The number of likely N-dealkylation sites (N-methyl/N-ethyl adjacent to an activating group) is 1. The Morgan fingerprint density at radius 1 is 1.47 bits per heavy atom. The van der Waals surface area contributed by atoms with E-state index in [9.17, 15) is 4.79 Å². The van der Waals surface area contributed by atoms with Gasteiger partial charge in [0.15, 0.2) is 0 Å². The van der Waals surface area contributed by atoms with Crippen LogP contribution in [-0.4, -0.2) is 52.9 Å². The molecule has 0 aliphatic carbocycles. The van der Waals surface area contributed by atoms with Gasteiger partial charge in [-0.15, -0.1) is 22.9 Å². The van der Waals surface area contributed by atoms with Gasteiger partial charge < -0.3 is 4.90 Å². The van der Waals surface area contributed by atoms with Gasteiger partial charge in [-0.2, -0.15) is 0 Å². The second-order valence-electron chi connectivity index (χ2n) is 5.21. The van der Waals surface area contributed by atoms with Crippen molar-refractivity contribution in [3.05, 3.63) is 16.1 Å². The van der Waals surface area contributed by atoms with Crippen LogP contribution in [0.25, 0.3) is 0 Å². The Morgan fingerprint density at radius 2 is 2.11 bits per heavy atom. The predicted octanol–water partition coefficient (Wildman–Crippen LogP) is 1.98. The monoisotopic (exact) mass is 301 g/mol. The normalized spacial score (nSPS) is 24.7. The maximum absolute atomic E-state index is 12.3. The molecule has 2 unspecified atom stereocenters. The van der Waals surface area contributed by atoms with Crippen molar-refractivity contribution >= 4 is 28.8 Å². The van der Waals surface area contributed by atoms with Gasteiger partial charge in [-0.3, -0.25) is 9.69 Å². The van der Waals surface area contributed by atoms with E-state index >= 15 is 0 Å². The number of rotatable bonds is 3. The summed E-state index contributed by atoms with van der Waals surface area (Å²) in [5.41, 5.74) is 0.856. The maximum Gasteiger partial charge on any atom is 0.229 e. The number of thiazole rings is 1. The van der Waals surface area contributed by atoms with E-state index in [-0.39, 0.29) is 5.91 Å². The summed E-state index contributed by atoms with van der Waals surface area (Å²) in [6.07, 6.45) is 0.394. The standard InChI is InChI=1S/C13H20ClN3OS/c1-9-6-17(7-10(2)16(9)3)13(18)4-12-15-11(5-14)8-19-12/h8-10H,4-7H2,1-3H3. The Labute approximate surface area is 123 Å². The Bertz CT molecular complexity index is 439. The molecule has 0 spiro atoms. The van der Waals surface area contributed by atoms with Crippen molar-refractivity contribution in [2.24, 2.45) is 0 Å². The lowest BCUT2D eigenvalue weighted by atomic mass is 10.1. The van der Waals surface area contributed by atoms with Gasteiger partial charge in [0.2, 0.25) is 5.91 Å². The zero-order valence-corrected chi connectivity index (χ0v) is 13.2. The van der Waals surface area contributed by atoms with Gasteiger partial charge in [0.1, 0.15) is 5.01 Å². The molecule has 0 saturated carbocycles. The molecule has 2 rings (SSSR count). The molecule has 19 heavy (non-hydrogen) atoms. The highest BCUT2D eigenvalue weighted by Crippen LogP contribution is 2.17. The van der Waals surface area contributed by atoms with E-state index in [0.717, 1.165) is 23.8 Å². The average molecular weight is 302 g/mol. The smallest absolute Gasteiger partial charge is 0.229 e. The van der Waals surface area contributed by atoms with Crippen LogP contribution in [0.1, 0.15) is 24.5 Å². The van der Waals surface area contributed by atoms with Crippen molar-refractivity contribution < 1.29 is 4.79 Å². The third-order valence-electron chi connectivity index (χ3n) is 3.75. The van der Waals surface area contributed by atoms with E-state index in [2.05, 4.69) is 30.8 Å². The third kappa shape index (κ3) is 3.46. The molecule has 1 aromatic heterocycles. The van der Waals surface area contributed by atoms with Crippen molar-refractivity contribution in [1.29, 1.82) is 0 Å². The van der Waals surface area contributed by atoms with Crippen LogP contribution in [0.4, 0.5) is 0 Å². The van der Waals surface area contributed by atoms with Crippen LogP contribution >= 0.6 is 22.9 Å². The van der Waals surface area contributed by atoms with Gasteiger partial charge >= 0.3 is 0 Å². The fraction of sp³-hybridized carbons (Fsp3) is 0.692. The second-order valence-corrected chi connectivity index (χ2v) is 6.42. The molecule has 0 aromatic carbocycles. The average Bonchev–Trinajstić information content (AvgIpc) is 2.83. The lowest BCUT2D eigenvalue weighted by Gasteiger charge is -2.42. The van der Waals surface area contributed by atoms with Crippen molar-refractivity contribution in [2.75, 3.05) is 20.1 Å². The Kier molecular flexibility index (Phi) is 4.81. The molecular formula is C13H20ClN3OS. The van der Waals surface area contributed by atoms with Gasteiger partial charge in [0.05, 0.1) is 18.0 Å². The fourth-order valence-corrected chi connectivity index (χ4v) is 3.35. The number of alkyl halides is 1. The molecule has 106 valence electrons. The number of hydrogen-bond donors (Lipinski definition) is 0. The zero-order chi connectivity index (χ0) is 14.0. The quantitative estimate of drug-likeness (QED) is 0.801. The molecule has 1 aliphatic rings. The molecule has 2 heterocycles. The number of amides is 1. The molecule has 1 aliphatic heterocycles. The summed E-state index contributed by atoms with van der Waals surface area (Å²) < 4.78 is 0. The molecule has 0 bridgehead atoms. The molecule has 0 radical (unpaired) electrons. The van der Waals surface area contributed by atoms with E-state index in [1.807, 2.05) is 10.3 Å². The highest BCUT2D eigenvalue weighted by Gasteiger charge is 2.29. The molecule has 2 atom stereocenters. The number of nitrogens with zero attached hydrogens (tertiary/aromatic N) is 3. The summed E-state index contributed by atoms with van der Waals surface area (Å²) in [5.74, 6) is 0.579. The molecule has 4 nitrogen and oxygen atoms in total. The van der Waals surface area contributed by atoms with E-state index in [1.165, 1.54) is 11.3 Å². The van der Waals surface area contributed by atoms with Crippen molar-refractivity contribution in [3.8, 4) is 0 Å². The second kappa shape index (κ2) is 6.20. The third-order valence-corrected chi connectivity index (χ3v) is 4.92. The first-order valence-electron chi connectivity index (χ1n) is 6.50. The molecule has 1 amide bonds. The first-order valence-corrected chi connectivity index (χ1v) is 7.91. The molecule has 0 N–H and O–H groups in total. The first-order chi connectivity index (χ1) is 9.01.